The molecule has 0 saturated heterocycles. The van der Waals surface area contributed by atoms with Crippen molar-refractivity contribution in [3.05, 3.63) is 18.0 Å². The summed E-state index contributed by atoms with van der Waals surface area (Å²) in [6.45, 7) is 2.85. The van der Waals surface area contributed by atoms with Gasteiger partial charge in [0.15, 0.2) is 0 Å². The topological polar surface area (TPSA) is 39.1 Å². The van der Waals surface area contributed by atoms with Gasteiger partial charge in [-0.2, -0.15) is 5.10 Å². The van der Waals surface area contributed by atoms with E-state index in [1.54, 1.807) is 0 Å². The summed E-state index contributed by atoms with van der Waals surface area (Å²) in [6.07, 6.45) is 8.09. The monoisotopic (exact) mass is 251 g/mol. The van der Waals surface area contributed by atoms with Crippen molar-refractivity contribution in [3.63, 3.8) is 0 Å². The van der Waals surface area contributed by atoms with Crippen LogP contribution in [0.15, 0.2) is 12.3 Å². The Kier molecular flexibility index (Phi) is 4.40. The van der Waals surface area contributed by atoms with Crippen molar-refractivity contribution in [3.8, 4) is 0 Å². The molecule has 4 nitrogen and oxygen atoms in total. The summed E-state index contributed by atoms with van der Waals surface area (Å²) in [5.74, 6) is 0. The van der Waals surface area contributed by atoms with Crippen LogP contribution in [0.1, 0.15) is 50.8 Å². The molecule has 1 fully saturated rings. The van der Waals surface area contributed by atoms with Gasteiger partial charge in [-0.3, -0.25) is 4.68 Å². The molecule has 102 valence electrons. The summed E-state index contributed by atoms with van der Waals surface area (Å²) in [4.78, 5) is 0. The zero-order valence-corrected chi connectivity index (χ0v) is 11.8. The van der Waals surface area contributed by atoms with Gasteiger partial charge in [-0.15, -0.1) is 0 Å². The number of ether oxygens (including phenoxy) is 1. The fourth-order valence-electron chi connectivity index (χ4n) is 3.22. The number of hydrogen-bond acceptors (Lipinski definition) is 3. The van der Waals surface area contributed by atoms with E-state index in [9.17, 15) is 0 Å². The highest BCUT2D eigenvalue weighted by molar-refractivity contribution is 5.13. The molecule has 1 aliphatic carbocycles. The van der Waals surface area contributed by atoms with E-state index < -0.39 is 0 Å². The maximum Gasteiger partial charge on any atom is 0.0892 e. The van der Waals surface area contributed by atoms with Crippen molar-refractivity contribution in [2.24, 2.45) is 7.05 Å². The predicted molar refractivity (Wildman–Crippen MR) is 72.5 cm³/mol. The quantitative estimate of drug-likeness (QED) is 0.873. The third-order valence-corrected chi connectivity index (χ3v) is 3.98. The lowest BCUT2D eigenvalue weighted by molar-refractivity contribution is -0.0907. The normalized spacial score (nSPS) is 20.8. The highest BCUT2D eigenvalue weighted by Gasteiger charge is 2.41. The van der Waals surface area contributed by atoms with Crippen molar-refractivity contribution in [2.75, 3.05) is 13.7 Å². The van der Waals surface area contributed by atoms with E-state index in [0.717, 1.165) is 25.1 Å². The summed E-state index contributed by atoms with van der Waals surface area (Å²) in [5, 5.41) is 7.98. The largest absolute Gasteiger partial charge is 0.373 e. The van der Waals surface area contributed by atoms with Crippen LogP contribution in [0.4, 0.5) is 0 Å². The highest BCUT2D eigenvalue weighted by atomic mass is 16.5. The number of hydrogen-bond donors (Lipinski definition) is 1. The lowest BCUT2D eigenvalue weighted by atomic mass is 9.78. The Hall–Kier alpha value is -0.870. The first-order chi connectivity index (χ1) is 8.72. The van der Waals surface area contributed by atoms with Crippen LogP contribution in [0.3, 0.4) is 0 Å². The number of aryl methyl sites for hydroxylation is 1. The molecule has 4 heteroatoms. The first-order valence-electron chi connectivity index (χ1n) is 7.02. The van der Waals surface area contributed by atoms with E-state index in [4.69, 9.17) is 4.74 Å². The summed E-state index contributed by atoms with van der Waals surface area (Å²) in [5.41, 5.74) is 1.02. The minimum atomic E-state index is -0.0733. The Morgan fingerprint density at radius 1 is 1.44 bits per heavy atom. The molecule has 0 radical (unpaired) electrons. The van der Waals surface area contributed by atoms with Crippen molar-refractivity contribution < 1.29 is 4.74 Å². The smallest absolute Gasteiger partial charge is 0.0892 e. The second-order valence-corrected chi connectivity index (χ2v) is 5.19. The van der Waals surface area contributed by atoms with Crippen molar-refractivity contribution in [1.29, 1.82) is 0 Å². The second-order valence-electron chi connectivity index (χ2n) is 5.19. The lowest BCUT2D eigenvalue weighted by Crippen LogP contribution is -2.47. The van der Waals surface area contributed by atoms with E-state index in [1.807, 2.05) is 25.0 Å². The summed E-state index contributed by atoms with van der Waals surface area (Å²) < 4.78 is 8.04. The van der Waals surface area contributed by atoms with Crippen LogP contribution in [0.25, 0.3) is 0 Å². The number of nitrogens with one attached hydrogen (secondary N) is 1. The molecule has 1 aromatic rings. The van der Waals surface area contributed by atoms with Crippen LogP contribution in [0.2, 0.25) is 0 Å². The van der Waals surface area contributed by atoms with Crippen LogP contribution in [-0.2, 0) is 11.8 Å². The molecule has 0 aromatic carbocycles. The van der Waals surface area contributed by atoms with Gasteiger partial charge in [0.1, 0.15) is 0 Å². The van der Waals surface area contributed by atoms with Crippen molar-refractivity contribution in [2.45, 2.75) is 50.7 Å². The molecule has 0 aliphatic heterocycles. The van der Waals surface area contributed by atoms with E-state index in [2.05, 4.69) is 23.4 Å². The fraction of sp³-hybridized carbons (Fsp3) is 0.786. The minimum absolute atomic E-state index is 0.0733. The van der Waals surface area contributed by atoms with Gasteiger partial charge < -0.3 is 10.1 Å². The molecule has 1 saturated carbocycles. The number of aromatic nitrogens is 2. The predicted octanol–water partition coefficient (Wildman–Crippen LogP) is 2.42. The van der Waals surface area contributed by atoms with Crippen LogP contribution in [0, 0.1) is 0 Å². The van der Waals surface area contributed by atoms with Gasteiger partial charge in [-0.25, -0.2) is 0 Å². The van der Waals surface area contributed by atoms with E-state index in [-0.39, 0.29) is 11.6 Å². The molecular formula is C14H25N3O. The first kappa shape index (κ1) is 13.6. The summed E-state index contributed by atoms with van der Waals surface area (Å²) in [7, 11) is 3.97. The van der Waals surface area contributed by atoms with Gasteiger partial charge in [0.25, 0.3) is 0 Å². The molecule has 2 rings (SSSR count). The van der Waals surface area contributed by atoms with Gasteiger partial charge in [0.2, 0.25) is 0 Å². The zero-order chi connectivity index (χ0) is 13.0. The molecular weight excluding hydrogens is 226 g/mol. The van der Waals surface area contributed by atoms with Crippen molar-refractivity contribution >= 4 is 0 Å². The Bertz CT molecular complexity index is 363. The molecule has 0 bridgehead atoms. The molecule has 18 heavy (non-hydrogen) atoms. The standard InChI is InChI=1S/C14H25N3O/c1-4-18-14(9-6-5-7-10-14)13(15-2)12-8-11-17(3)16-12/h8,11,13,15H,4-7,9-10H2,1-3H3. The lowest BCUT2D eigenvalue weighted by Gasteiger charge is -2.42. The number of nitrogens with zero attached hydrogens (tertiary/aromatic N) is 2. The zero-order valence-electron chi connectivity index (χ0n) is 11.8. The average molecular weight is 251 g/mol. The van der Waals surface area contributed by atoms with Gasteiger partial charge in [-0.05, 0) is 32.9 Å². The van der Waals surface area contributed by atoms with Crippen LogP contribution in [0.5, 0.6) is 0 Å². The van der Waals surface area contributed by atoms with Crippen LogP contribution >= 0.6 is 0 Å². The molecule has 1 atom stereocenters. The van der Waals surface area contributed by atoms with Gasteiger partial charge in [0, 0.05) is 19.9 Å². The Morgan fingerprint density at radius 2 is 2.17 bits per heavy atom. The summed E-state index contributed by atoms with van der Waals surface area (Å²) >= 11 is 0. The van der Waals surface area contributed by atoms with Gasteiger partial charge in [0.05, 0.1) is 17.3 Å². The maximum atomic E-state index is 6.18. The highest BCUT2D eigenvalue weighted by Crippen LogP contribution is 2.40. The Morgan fingerprint density at radius 3 is 2.67 bits per heavy atom. The fourth-order valence-corrected chi connectivity index (χ4v) is 3.22. The van der Waals surface area contributed by atoms with E-state index in [1.165, 1.54) is 19.3 Å². The molecule has 1 N–H and O–H groups in total. The van der Waals surface area contributed by atoms with Crippen molar-refractivity contribution in [1.82, 2.24) is 15.1 Å². The van der Waals surface area contributed by atoms with Crippen LogP contribution < -0.4 is 5.32 Å². The Labute approximate surface area is 110 Å². The minimum Gasteiger partial charge on any atom is -0.373 e. The third kappa shape index (κ3) is 2.59. The molecule has 0 amide bonds. The SMILES string of the molecule is CCOC1(C(NC)c2ccn(C)n2)CCCCC1. The molecule has 0 spiro atoms. The number of rotatable bonds is 5. The van der Waals surface area contributed by atoms with Crippen LogP contribution in [-0.4, -0.2) is 29.0 Å². The Balaban J connectivity index is 2.26. The maximum absolute atomic E-state index is 6.18. The molecule has 1 unspecified atom stereocenters. The van der Waals surface area contributed by atoms with Gasteiger partial charge in [-0.1, -0.05) is 19.3 Å². The van der Waals surface area contributed by atoms with E-state index >= 15 is 0 Å². The van der Waals surface area contributed by atoms with E-state index in [0.29, 0.717) is 0 Å². The summed E-state index contributed by atoms with van der Waals surface area (Å²) in [6, 6.07) is 2.29. The average Bonchev–Trinajstić information content (AvgIpc) is 2.78. The molecule has 1 heterocycles. The third-order valence-electron chi connectivity index (χ3n) is 3.98. The molecule has 1 aliphatic rings. The number of likely N-dealkylation sites (N-methyl/N-ethyl adjacent to an activating group) is 1. The second kappa shape index (κ2) is 5.85. The van der Waals surface area contributed by atoms with Gasteiger partial charge >= 0.3 is 0 Å². The first-order valence-corrected chi connectivity index (χ1v) is 7.02. The molecule has 1 aromatic heterocycles.